The van der Waals surface area contributed by atoms with Crippen LogP contribution in [0.4, 0.5) is 19.0 Å². The molecule has 0 radical (unpaired) electrons. The zero-order valence-corrected chi connectivity index (χ0v) is 24.0. The van der Waals surface area contributed by atoms with Gasteiger partial charge in [0.25, 0.3) is 0 Å². The van der Waals surface area contributed by atoms with E-state index in [0.29, 0.717) is 34.7 Å². The summed E-state index contributed by atoms with van der Waals surface area (Å²) in [5, 5.41) is 0.814. The predicted octanol–water partition coefficient (Wildman–Crippen LogP) is 5.47. The Morgan fingerprint density at radius 1 is 1.19 bits per heavy atom. The Kier molecular flexibility index (Phi) is 6.34. The second kappa shape index (κ2) is 9.65. The molecule has 0 spiro atoms. The summed E-state index contributed by atoms with van der Waals surface area (Å²) in [5.74, 6) is 1.34. The second-order valence-corrected chi connectivity index (χ2v) is 12.7. The molecule has 3 aliphatic rings. The number of rotatable bonds is 7. The highest BCUT2D eigenvalue weighted by atomic mass is 19.4. The number of nitrogens with zero attached hydrogens (tertiary/aromatic N) is 5. The van der Waals surface area contributed by atoms with Gasteiger partial charge in [-0.15, -0.1) is 0 Å². The molecule has 1 aromatic carbocycles. The summed E-state index contributed by atoms with van der Waals surface area (Å²) >= 11 is 0. The lowest BCUT2D eigenvalue weighted by molar-refractivity contribution is -0.187. The number of alkyl halides is 3. The number of aromatic amines is 1. The summed E-state index contributed by atoms with van der Waals surface area (Å²) in [4.78, 5) is 18.7. The zero-order chi connectivity index (χ0) is 29.4. The number of benzene rings is 1. The van der Waals surface area contributed by atoms with Gasteiger partial charge in [0.1, 0.15) is 29.7 Å². The monoisotopic (exact) mass is 583 g/mol. The predicted molar refractivity (Wildman–Crippen MR) is 151 cm³/mol. The molecule has 4 heterocycles. The summed E-state index contributed by atoms with van der Waals surface area (Å²) in [6, 6.07) is 6.10. The third kappa shape index (κ3) is 4.64. The average molecular weight is 584 g/mol. The van der Waals surface area contributed by atoms with Crippen molar-refractivity contribution in [2.24, 2.45) is 11.8 Å². The first-order valence-electron chi connectivity index (χ1n) is 14.6. The van der Waals surface area contributed by atoms with Crippen molar-refractivity contribution in [2.45, 2.75) is 82.2 Å². The van der Waals surface area contributed by atoms with Gasteiger partial charge in [-0.2, -0.15) is 13.2 Å². The van der Waals surface area contributed by atoms with E-state index < -0.39 is 23.3 Å². The van der Waals surface area contributed by atoms with Crippen LogP contribution in [0.25, 0.3) is 22.1 Å². The topological polar surface area (TPSA) is 107 Å². The van der Waals surface area contributed by atoms with E-state index in [-0.39, 0.29) is 6.10 Å². The van der Waals surface area contributed by atoms with E-state index >= 15 is 0 Å². The molecule has 3 fully saturated rings. The number of ether oxygens (including phenoxy) is 2. The van der Waals surface area contributed by atoms with Crippen LogP contribution in [0.1, 0.15) is 57.3 Å². The van der Waals surface area contributed by atoms with Gasteiger partial charge in [-0.3, -0.25) is 0 Å². The van der Waals surface area contributed by atoms with Crippen LogP contribution in [0.3, 0.4) is 0 Å². The van der Waals surface area contributed by atoms with E-state index in [1.807, 2.05) is 26.1 Å². The lowest BCUT2D eigenvalue weighted by atomic mass is 9.76. The first-order chi connectivity index (χ1) is 19.9. The van der Waals surface area contributed by atoms with Crippen LogP contribution in [-0.4, -0.2) is 60.9 Å². The number of nitrogens with one attached hydrogen (secondary N) is 1. The number of halogens is 3. The number of anilines is 1. The quantitative estimate of drug-likeness (QED) is 0.297. The van der Waals surface area contributed by atoms with Gasteiger partial charge < -0.3 is 29.7 Å². The van der Waals surface area contributed by atoms with Crippen molar-refractivity contribution in [3.63, 3.8) is 0 Å². The molecule has 0 bridgehead atoms. The normalized spacial score (nSPS) is 29.0. The maximum Gasteiger partial charge on any atom is 0.416 e. The highest BCUT2D eigenvalue weighted by Gasteiger charge is 2.61. The van der Waals surface area contributed by atoms with Crippen LogP contribution in [0, 0.1) is 11.8 Å². The molecule has 3 atom stereocenters. The van der Waals surface area contributed by atoms with Gasteiger partial charge in [-0.25, -0.2) is 15.0 Å². The first kappa shape index (κ1) is 27.6. The molecule has 3 aromatic heterocycles. The summed E-state index contributed by atoms with van der Waals surface area (Å²) in [6.07, 6.45) is 4.68. The number of fused-ring (bicyclic) bond motifs is 3. The number of H-pyrrole nitrogens is 1. The van der Waals surface area contributed by atoms with Gasteiger partial charge in [0.15, 0.2) is 11.5 Å². The van der Waals surface area contributed by atoms with Crippen molar-refractivity contribution in [3.8, 4) is 0 Å². The minimum atomic E-state index is -4.36. The van der Waals surface area contributed by atoms with Crippen molar-refractivity contribution in [2.75, 3.05) is 19.3 Å². The molecule has 1 aliphatic heterocycles. The zero-order valence-electron chi connectivity index (χ0n) is 24.0. The Morgan fingerprint density at radius 3 is 2.79 bits per heavy atom. The maximum atomic E-state index is 13.0. The molecule has 12 heteroatoms. The van der Waals surface area contributed by atoms with Gasteiger partial charge in [-0.1, -0.05) is 0 Å². The minimum Gasteiger partial charge on any atom is -0.383 e. The molecule has 7 rings (SSSR count). The number of nitrogen functional groups attached to an aromatic ring is 1. The van der Waals surface area contributed by atoms with Crippen molar-refractivity contribution >= 4 is 27.9 Å². The molecular formula is C30H36F3N7O2. The van der Waals surface area contributed by atoms with Crippen molar-refractivity contribution in [1.82, 2.24) is 29.4 Å². The molecule has 3 N–H and O–H groups in total. The Hall–Kier alpha value is -3.22. The van der Waals surface area contributed by atoms with Crippen LogP contribution in [0.5, 0.6) is 0 Å². The third-order valence-corrected chi connectivity index (χ3v) is 9.50. The molecule has 4 aromatic rings. The Balaban J connectivity index is 0.974. The fraction of sp³-hybridized carbons (Fsp3) is 0.567. The van der Waals surface area contributed by atoms with Gasteiger partial charge >= 0.3 is 6.18 Å². The number of hydrogen-bond acceptors (Lipinski definition) is 7. The fourth-order valence-electron chi connectivity index (χ4n) is 7.39. The van der Waals surface area contributed by atoms with Gasteiger partial charge in [0.05, 0.1) is 22.0 Å². The average Bonchev–Trinajstić information content (AvgIpc) is 3.63. The number of hydrogen-bond donors (Lipinski definition) is 2. The van der Waals surface area contributed by atoms with Crippen LogP contribution in [0.15, 0.2) is 36.8 Å². The minimum absolute atomic E-state index is 0.122. The molecule has 3 unspecified atom stereocenters. The summed E-state index contributed by atoms with van der Waals surface area (Å²) in [5.41, 5.74) is 6.58. The molecule has 9 nitrogen and oxygen atoms in total. The van der Waals surface area contributed by atoms with Crippen molar-refractivity contribution in [3.05, 3.63) is 48.2 Å². The van der Waals surface area contributed by atoms with Crippen molar-refractivity contribution in [1.29, 1.82) is 0 Å². The lowest BCUT2D eigenvalue weighted by Crippen LogP contribution is -2.47. The molecule has 224 valence electrons. The largest absolute Gasteiger partial charge is 0.416 e. The summed E-state index contributed by atoms with van der Waals surface area (Å²) in [7, 11) is 2.19. The Bertz CT molecular complexity index is 1630. The molecule has 2 aliphatic carbocycles. The van der Waals surface area contributed by atoms with Crippen LogP contribution in [-0.2, 0) is 27.8 Å². The SMILES string of the molecule is CN(CC1CCC2(n3ccc4c(N)ncnc43)OC(C)(C)OC12)C1CC(CCc2nc3ccc(C(F)(F)F)cc3[nH]2)C1. The molecule has 1 saturated heterocycles. The number of aryl methyl sites for hydroxylation is 1. The van der Waals surface area contributed by atoms with Crippen LogP contribution >= 0.6 is 0 Å². The molecule has 2 saturated carbocycles. The van der Waals surface area contributed by atoms with Crippen LogP contribution in [0.2, 0.25) is 0 Å². The number of aromatic nitrogens is 5. The molecular weight excluding hydrogens is 547 g/mol. The third-order valence-electron chi connectivity index (χ3n) is 9.50. The molecule has 42 heavy (non-hydrogen) atoms. The maximum absolute atomic E-state index is 13.0. The Labute approximate surface area is 241 Å². The van der Waals surface area contributed by atoms with Crippen LogP contribution < -0.4 is 5.73 Å². The Morgan fingerprint density at radius 2 is 2.00 bits per heavy atom. The number of nitrogens with two attached hydrogens (primary N) is 1. The van der Waals surface area contributed by atoms with Gasteiger partial charge in [0.2, 0.25) is 0 Å². The van der Waals surface area contributed by atoms with E-state index in [1.54, 1.807) is 0 Å². The van der Waals surface area contributed by atoms with E-state index in [1.165, 1.54) is 12.4 Å². The van der Waals surface area contributed by atoms with Crippen molar-refractivity contribution < 1.29 is 22.6 Å². The standard InChI is InChI=1S/C30H36F3N7O2/c1-28(2)41-25-18(8-10-29(25,42-28)40-11-9-21-26(34)35-16-36-27(21)40)15-39(3)20-12-17(13-20)4-7-24-37-22-6-5-19(30(31,32)33)14-23(22)38-24/h5-6,9,11,14,16-18,20,25H,4,7-8,10,12-13,15H2,1-3H3,(H,37,38)(H2,34,35,36). The summed E-state index contributed by atoms with van der Waals surface area (Å²) < 4.78 is 54.5. The van der Waals surface area contributed by atoms with E-state index in [2.05, 4.69) is 36.5 Å². The fourth-order valence-corrected chi connectivity index (χ4v) is 7.39. The first-order valence-corrected chi connectivity index (χ1v) is 14.6. The highest BCUT2D eigenvalue weighted by molar-refractivity contribution is 5.86. The van der Waals surface area contributed by atoms with E-state index in [9.17, 15) is 13.2 Å². The van der Waals surface area contributed by atoms with Gasteiger partial charge in [-0.05, 0) is 83.2 Å². The molecule has 0 amide bonds. The highest BCUT2D eigenvalue weighted by Crippen LogP contribution is 2.53. The smallest absolute Gasteiger partial charge is 0.383 e. The van der Waals surface area contributed by atoms with E-state index in [0.717, 1.165) is 74.1 Å². The second-order valence-electron chi connectivity index (χ2n) is 12.7. The van der Waals surface area contributed by atoms with Gasteiger partial charge in [0, 0.05) is 31.1 Å². The van der Waals surface area contributed by atoms with E-state index in [4.69, 9.17) is 15.2 Å². The lowest BCUT2D eigenvalue weighted by Gasteiger charge is -2.43. The summed E-state index contributed by atoms with van der Waals surface area (Å²) in [6.45, 7) is 4.85. The number of imidazole rings is 1.